The lowest BCUT2D eigenvalue weighted by Gasteiger charge is -2.32. The minimum absolute atomic E-state index is 0.0165. The number of rotatable bonds is 7. The maximum absolute atomic E-state index is 10.9. The molecule has 0 radical (unpaired) electrons. The fourth-order valence-corrected chi connectivity index (χ4v) is 4.55. The molecule has 2 fully saturated rings. The molecule has 0 bridgehead atoms. The van der Waals surface area contributed by atoms with Crippen LogP contribution in [-0.2, 0) is 18.6 Å². The Kier molecular flexibility index (Phi) is 7.35. The van der Waals surface area contributed by atoms with Crippen molar-refractivity contribution in [1.29, 1.82) is 0 Å². The highest BCUT2D eigenvalue weighted by Crippen LogP contribution is 2.39. The molecule has 3 aromatic rings. The molecule has 2 aliphatic rings. The van der Waals surface area contributed by atoms with Crippen molar-refractivity contribution >= 4 is 25.2 Å². The van der Waals surface area contributed by atoms with E-state index in [1.807, 2.05) is 85.7 Å². The largest absolute Gasteiger partial charge is 0.508 e. The number of aromatic hydroxyl groups is 2. The fraction of sp³-hybridized carbons (Fsp3) is 0.419. The quantitative estimate of drug-likeness (QED) is 0.313. The lowest BCUT2D eigenvalue weighted by Crippen LogP contribution is -2.41. The smallest absolute Gasteiger partial charge is 0.498 e. The molecule has 2 N–H and O–H groups in total. The molecule has 0 aliphatic carbocycles. The van der Waals surface area contributed by atoms with Crippen LogP contribution in [0.2, 0.25) is 0 Å². The van der Waals surface area contributed by atoms with Gasteiger partial charge >= 0.3 is 14.2 Å². The zero-order valence-electron chi connectivity index (χ0n) is 24.9. The van der Waals surface area contributed by atoms with Crippen LogP contribution in [0.3, 0.4) is 0 Å². The first-order valence-corrected chi connectivity index (χ1v) is 13.8. The maximum Gasteiger partial charge on any atom is 0.498 e. The molecule has 0 amide bonds. The third-order valence-corrected chi connectivity index (χ3v) is 8.58. The first kappa shape index (κ1) is 29.3. The summed E-state index contributed by atoms with van der Waals surface area (Å²) in [5.74, 6) is 0.735. The Morgan fingerprint density at radius 3 is 1.27 bits per heavy atom. The summed E-state index contributed by atoms with van der Waals surface area (Å²) in [6.45, 7) is 15.7. The van der Waals surface area contributed by atoms with Crippen LogP contribution in [0.5, 0.6) is 23.0 Å². The van der Waals surface area contributed by atoms with Gasteiger partial charge in [0.2, 0.25) is 0 Å². The summed E-state index contributed by atoms with van der Waals surface area (Å²) < 4.78 is 36.8. The lowest BCUT2D eigenvalue weighted by atomic mass is 9.78. The van der Waals surface area contributed by atoms with Crippen LogP contribution in [0.25, 0.3) is 0 Å². The molecule has 0 spiro atoms. The van der Waals surface area contributed by atoms with E-state index in [1.54, 1.807) is 24.3 Å². The van der Waals surface area contributed by atoms with Gasteiger partial charge in [-0.25, -0.2) is 0 Å². The van der Waals surface area contributed by atoms with Gasteiger partial charge in [0.15, 0.2) is 0 Å². The van der Waals surface area contributed by atoms with Crippen LogP contribution in [0.15, 0.2) is 66.7 Å². The van der Waals surface area contributed by atoms with Crippen molar-refractivity contribution in [2.45, 2.75) is 84.1 Å². The minimum Gasteiger partial charge on any atom is -0.508 e. The molecule has 2 heterocycles. The summed E-state index contributed by atoms with van der Waals surface area (Å²) in [4.78, 5) is 0. The average molecular weight is 560 g/mol. The van der Waals surface area contributed by atoms with Gasteiger partial charge in [-0.2, -0.15) is 0 Å². The Morgan fingerprint density at radius 1 is 0.561 bits per heavy atom. The van der Waals surface area contributed by atoms with Crippen LogP contribution < -0.4 is 20.4 Å². The van der Waals surface area contributed by atoms with Crippen molar-refractivity contribution < 1.29 is 38.3 Å². The standard InChI is InChI=1S/C31H38B2O8/c1-28(2)29(3,4)39-32(38-28)23-16-14-21(18-25(23)34)36-27(20-12-10-9-11-13-20)37-22-15-17-24(26(35)19-22)33-40-30(5,6)31(7,8)41-33/h9-19,27,34-35H,1-8H3. The molecular weight excluding hydrogens is 522 g/mol. The summed E-state index contributed by atoms with van der Waals surface area (Å²) in [5.41, 5.74) is -0.363. The van der Waals surface area contributed by atoms with Gasteiger partial charge < -0.3 is 38.3 Å². The van der Waals surface area contributed by atoms with Crippen LogP contribution in [-0.4, -0.2) is 46.9 Å². The van der Waals surface area contributed by atoms with Gasteiger partial charge in [-0.05, 0) is 67.5 Å². The zero-order valence-corrected chi connectivity index (χ0v) is 24.9. The van der Waals surface area contributed by atoms with Crippen molar-refractivity contribution in [2.24, 2.45) is 0 Å². The SMILES string of the molecule is CC1(C)OB(c2ccc(OC(Oc3ccc(B4OC(C)(C)C(C)(C)O4)c(O)c3)c3ccccc3)cc2O)OC1(C)C. The summed E-state index contributed by atoms with van der Waals surface area (Å²) in [6.07, 6.45) is -0.875. The molecule has 8 nitrogen and oxygen atoms in total. The predicted molar refractivity (Wildman–Crippen MR) is 158 cm³/mol. The Morgan fingerprint density at radius 2 is 0.927 bits per heavy atom. The van der Waals surface area contributed by atoms with E-state index in [1.165, 1.54) is 12.1 Å². The molecule has 2 aliphatic heterocycles. The fourth-order valence-electron chi connectivity index (χ4n) is 4.55. The molecule has 0 atom stereocenters. The Labute approximate surface area is 242 Å². The molecule has 2 saturated heterocycles. The average Bonchev–Trinajstić information content (AvgIpc) is 3.23. The Bertz CT molecular complexity index is 1290. The molecule has 3 aromatic carbocycles. The molecule has 5 rings (SSSR count). The van der Waals surface area contributed by atoms with Crippen LogP contribution in [0.1, 0.15) is 67.2 Å². The van der Waals surface area contributed by atoms with E-state index < -0.39 is 42.9 Å². The van der Waals surface area contributed by atoms with Gasteiger partial charge in [0.25, 0.3) is 6.29 Å². The number of phenols is 2. The maximum atomic E-state index is 10.9. The van der Waals surface area contributed by atoms with E-state index in [0.29, 0.717) is 22.4 Å². The van der Waals surface area contributed by atoms with E-state index in [0.717, 1.165) is 5.56 Å². The highest BCUT2D eigenvalue weighted by molar-refractivity contribution is 6.63. The highest BCUT2D eigenvalue weighted by atomic mass is 16.7. The second-order valence-corrected chi connectivity index (χ2v) is 12.6. The van der Waals surface area contributed by atoms with Crippen LogP contribution >= 0.6 is 0 Å². The van der Waals surface area contributed by atoms with Gasteiger partial charge in [-0.15, -0.1) is 0 Å². The van der Waals surface area contributed by atoms with E-state index in [2.05, 4.69) is 0 Å². The van der Waals surface area contributed by atoms with E-state index in [-0.39, 0.29) is 11.5 Å². The monoisotopic (exact) mass is 560 g/mol. The number of phenolic OH excluding ortho intramolecular Hbond substituents is 2. The predicted octanol–water partition coefficient (Wildman–Crippen LogP) is 4.85. The summed E-state index contributed by atoms with van der Waals surface area (Å²) in [5, 5.41) is 21.7. The number of hydrogen-bond donors (Lipinski definition) is 2. The molecular formula is C31H38B2O8. The molecule has 0 unspecified atom stereocenters. The third kappa shape index (κ3) is 5.66. The first-order chi connectivity index (χ1) is 19.1. The number of benzene rings is 3. The molecule has 41 heavy (non-hydrogen) atoms. The van der Waals surface area contributed by atoms with E-state index >= 15 is 0 Å². The Hall–Kier alpha value is -3.17. The number of ether oxygens (including phenoxy) is 2. The van der Waals surface area contributed by atoms with Crippen LogP contribution in [0.4, 0.5) is 0 Å². The molecule has 10 heteroatoms. The topological polar surface area (TPSA) is 95.8 Å². The molecule has 0 saturated carbocycles. The molecule has 0 aromatic heterocycles. The van der Waals surface area contributed by atoms with Crippen LogP contribution in [0, 0.1) is 0 Å². The van der Waals surface area contributed by atoms with Crippen molar-refractivity contribution in [1.82, 2.24) is 0 Å². The van der Waals surface area contributed by atoms with Gasteiger partial charge in [0.05, 0.1) is 22.4 Å². The summed E-state index contributed by atoms with van der Waals surface area (Å²) in [6, 6.07) is 19.4. The normalized spacial score (nSPS) is 20.4. The zero-order chi connectivity index (χ0) is 29.8. The van der Waals surface area contributed by atoms with Gasteiger partial charge in [-0.3, -0.25) is 0 Å². The Balaban J connectivity index is 1.36. The second-order valence-electron chi connectivity index (χ2n) is 12.6. The second kappa shape index (κ2) is 10.3. The van der Waals surface area contributed by atoms with Gasteiger partial charge in [0.1, 0.15) is 23.0 Å². The summed E-state index contributed by atoms with van der Waals surface area (Å²) in [7, 11) is -1.42. The van der Waals surface area contributed by atoms with Crippen molar-refractivity contribution in [2.75, 3.05) is 0 Å². The van der Waals surface area contributed by atoms with E-state index in [4.69, 9.17) is 28.1 Å². The minimum atomic E-state index is -0.875. The van der Waals surface area contributed by atoms with Crippen molar-refractivity contribution in [3.8, 4) is 23.0 Å². The highest BCUT2D eigenvalue weighted by Gasteiger charge is 2.53. The summed E-state index contributed by atoms with van der Waals surface area (Å²) >= 11 is 0. The third-order valence-electron chi connectivity index (χ3n) is 8.58. The van der Waals surface area contributed by atoms with Gasteiger partial charge in [0, 0.05) is 28.6 Å². The lowest BCUT2D eigenvalue weighted by molar-refractivity contribution is 0.00362. The van der Waals surface area contributed by atoms with Crippen molar-refractivity contribution in [3.05, 3.63) is 72.3 Å². The van der Waals surface area contributed by atoms with Gasteiger partial charge in [-0.1, -0.05) is 42.5 Å². The van der Waals surface area contributed by atoms with Crippen molar-refractivity contribution in [3.63, 3.8) is 0 Å². The molecule has 216 valence electrons. The first-order valence-electron chi connectivity index (χ1n) is 13.8. The number of hydrogen-bond acceptors (Lipinski definition) is 8. The van der Waals surface area contributed by atoms with E-state index in [9.17, 15) is 10.2 Å².